The van der Waals surface area contributed by atoms with Crippen LogP contribution in [0.15, 0.2) is 40.9 Å². The van der Waals surface area contributed by atoms with Gasteiger partial charge in [-0.3, -0.25) is 10.1 Å². The molecule has 0 atom stereocenters. The van der Waals surface area contributed by atoms with E-state index in [-0.39, 0.29) is 18.1 Å². The highest BCUT2D eigenvalue weighted by Gasteiger charge is 2.10. The van der Waals surface area contributed by atoms with E-state index >= 15 is 0 Å². The Labute approximate surface area is 122 Å². The second kappa shape index (κ2) is 5.87. The molecule has 104 valence electrons. The number of hydrogen-bond donors (Lipinski definition) is 1. The van der Waals surface area contributed by atoms with Gasteiger partial charge in [0.15, 0.2) is 0 Å². The van der Waals surface area contributed by atoms with Gasteiger partial charge in [-0.05, 0) is 40.2 Å². The lowest BCUT2D eigenvalue weighted by atomic mass is 10.1. The molecule has 0 heterocycles. The normalized spacial score (nSPS) is 10.3. The first kappa shape index (κ1) is 14.3. The number of anilines is 1. The van der Waals surface area contributed by atoms with E-state index in [9.17, 15) is 14.5 Å². The summed E-state index contributed by atoms with van der Waals surface area (Å²) in [5.41, 5.74) is 6.58. The summed E-state index contributed by atoms with van der Waals surface area (Å²) >= 11 is 3.17. The molecule has 7 heteroatoms. The second-order valence-electron chi connectivity index (χ2n) is 4.00. The standard InChI is InChI=1S/C13H10BrFN2O3/c14-11-6-9(15)1-4-13(11)20-7-8-5-10(17(18)19)2-3-12(8)16/h1-6H,7,16H2. The minimum absolute atomic E-state index is 0.0533. The lowest BCUT2D eigenvalue weighted by Crippen LogP contribution is -2.02. The van der Waals surface area contributed by atoms with Crippen molar-refractivity contribution < 1.29 is 14.1 Å². The lowest BCUT2D eigenvalue weighted by molar-refractivity contribution is -0.384. The molecule has 0 bridgehead atoms. The van der Waals surface area contributed by atoms with Crippen molar-refractivity contribution in [1.82, 2.24) is 0 Å². The third-order valence-electron chi connectivity index (χ3n) is 2.61. The molecule has 2 aromatic rings. The van der Waals surface area contributed by atoms with Crippen LogP contribution in [-0.4, -0.2) is 4.92 Å². The Morgan fingerprint density at radius 1 is 1.30 bits per heavy atom. The summed E-state index contributed by atoms with van der Waals surface area (Å²) in [7, 11) is 0. The predicted octanol–water partition coefficient (Wildman–Crippen LogP) is 3.66. The van der Waals surface area contributed by atoms with E-state index in [0.717, 1.165) is 0 Å². The van der Waals surface area contributed by atoms with Gasteiger partial charge < -0.3 is 10.5 Å². The molecule has 0 spiro atoms. The van der Waals surface area contributed by atoms with Crippen LogP contribution in [0.1, 0.15) is 5.56 Å². The minimum atomic E-state index is -0.503. The summed E-state index contributed by atoms with van der Waals surface area (Å²) in [6.45, 7) is 0.0533. The van der Waals surface area contributed by atoms with E-state index < -0.39 is 4.92 Å². The Morgan fingerprint density at radius 2 is 2.05 bits per heavy atom. The first-order chi connectivity index (χ1) is 9.47. The summed E-state index contributed by atoms with van der Waals surface area (Å²) in [5.74, 6) is 0.0383. The maximum absolute atomic E-state index is 12.9. The van der Waals surface area contributed by atoms with Gasteiger partial charge in [-0.25, -0.2) is 4.39 Å². The highest BCUT2D eigenvalue weighted by molar-refractivity contribution is 9.10. The van der Waals surface area contributed by atoms with Crippen LogP contribution in [0.5, 0.6) is 5.75 Å². The summed E-state index contributed by atoms with van der Waals surface area (Å²) in [4.78, 5) is 10.2. The molecule has 0 unspecified atom stereocenters. The molecule has 5 nitrogen and oxygen atoms in total. The Balaban J connectivity index is 2.18. The number of halogens is 2. The van der Waals surface area contributed by atoms with Crippen LogP contribution in [0, 0.1) is 15.9 Å². The van der Waals surface area contributed by atoms with E-state index in [1.807, 2.05) is 0 Å². The van der Waals surface area contributed by atoms with Crippen LogP contribution in [0.3, 0.4) is 0 Å². The number of rotatable bonds is 4. The van der Waals surface area contributed by atoms with E-state index in [1.54, 1.807) is 0 Å². The number of ether oxygens (including phenoxy) is 1. The predicted molar refractivity (Wildman–Crippen MR) is 75.9 cm³/mol. The summed E-state index contributed by atoms with van der Waals surface area (Å²) in [6, 6.07) is 8.13. The zero-order valence-corrected chi connectivity index (χ0v) is 11.8. The Kier molecular flexibility index (Phi) is 4.19. The van der Waals surface area contributed by atoms with E-state index in [2.05, 4.69) is 15.9 Å². The van der Waals surface area contributed by atoms with Crippen molar-refractivity contribution in [1.29, 1.82) is 0 Å². The maximum atomic E-state index is 12.9. The van der Waals surface area contributed by atoms with E-state index in [1.165, 1.54) is 36.4 Å². The van der Waals surface area contributed by atoms with Crippen molar-refractivity contribution >= 4 is 27.3 Å². The lowest BCUT2D eigenvalue weighted by Gasteiger charge is -2.10. The number of hydrogen-bond acceptors (Lipinski definition) is 4. The van der Waals surface area contributed by atoms with Crippen LogP contribution in [0.4, 0.5) is 15.8 Å². The van der Waals surface area contributed by atoms with Gasteiger partial charge in [0.05, 0.1) is 9.40 Å². The molecule has 0 radical (unpaired) electrons. The number of nitrogens with zero attached hydrogens (tertiary/aromatic N) is 1. The Morgan fingerprint density at radius 3 is 2.70 bits per heavy atom. The average Bonchev–Trinajstić information content (AvgIpc) is 2.39. The minimum Gasteiger partial charge on any atom is -0.488 e. The fraction of sp³-hybridized carbons (Fsp3) is 0.0769. The van der Waals surface area contributed by atoms with Crippen LogP contribution >= 0.6 is 15.9 Å². The molecule has 2 aromatic carbocycles. The number of nitrogens with two attached hydrogens (primary N) is 1. The zero-order valence-electron chi connectivity index (χ0n) is 10.2. The molecule has 20 heavy (non-hydrogen) atoms. The van der Waals surface area contributed by atoms with Crippen molar-refractivity contribution in [2.24, 2.45) is 0 Å². The van der Waals surface area contributed by atoms with Crippen molar-refractivity contribution in [3.63, 3.8) is 0 Å². The topological polar surface area (TPSA) is 78.4 Å². The van der Waals surface area contributed by atoms with Crippen molar-refractivity contribution in [2.75, 3.05) is 5.73 Å². The smallest absolute Gasteiger partial charge is 0.269 e. The van der Waals surface area contributed by atoms with Crippen LogP contribution < -0.4 is 10.5 Å². The molecular formula is C13H10BrFN2O3. The fourth-order valence-electron chi connectivity index (χ4n) is 1.58. The molecule has 0 aliphatic rings. The first-order valence-corrected chi connectivity index (χ1v) is 6.37. The van der Waals surface area contributed by atoms with Gasteiger partial charge in [0.25, 0.3) is 5.69 Å². The van der Waals surface area contributed by atoms with Crippen LogP contribution in [-0.2, 0) is 6.61 Å². The van der Waals surface area contributed by atoms with E-state index in [4.69, 9.17) is 10.5 Å². The molecule has 0 saturated heterocycles. The summed E-state index contributed by atoms with van der Waals surface area (Å²) in [6.07, 6.45) is 0. The highest BCUT2D eigenvalue weighted by Crippen LogP contribution is 2.27. The average molecular weight is 341 g/mol. The fourth-order valence-corrected chi connectivity index (χ4v) is 2.04. The van der Waals surface area contributed by atoms with Gasteiger partial charge in [0.1, 0.15) is 18.2 Å². The van der Waals surface area contributed by atoms with Crippen molar-refractivity contribution in [3.8, 4) is 5.75 Å². The molecule has 2 N–H and O–H groups in total. The zero-order chi connectivity index (χ0) is 14.7. The largest absolute Gasteiger partial charge is 0.488 e. The molecule has 0 aliphatic heterocycles. The number of nitro benzene ring substituents is 1. The number of nitro groups is 1. The van der Waals surface area contributed by atoms with Crippen molar-refractivity contribution in [3.05, 3.63) is 62.4 Å². The third kappa shape index (κ3) is 3.24. The van der Waals surface area contributed by atoms with Crippen molar-refractivity contribution in [2.45, 2.75) is 6.61 Å². The van der Waals surface area contributed by atoms with Gasteiger partial charge in [0, 0.05) is 23.4 Å². The molecule has 0 fully saturated rings. The Hall–Kier alpha value is -2.15. The molecule has 0 saturated carbocycles. The second-order valence-corrected chi connectivity index (χ2v) is 4.86. The summed E-state index contributed by atoms with van der Waals surface area (Å²) < 4.78 is 18.9. The number of nitrogen functional groups attached to an aromatic ring is 1. The number of benzene rings is 2. The molecule has 0 aliphatic carbocycles. The maximum Gasteiger partial charge on any atom is 0.269 e. The quantitative estimate of drug-likeness (QED) is 0.523. The number of non-ortho nitro benzene ring substituents is 1. The monoisotopic (exact) mass is 340 g/mol. The summed E-state index contributed by atoms with van der Waals surface area (Å²) in [5, 5.41) is 10.7. The van der Waals surface area contributed by atoms with Gasteiger partial charge in [-0.15, -0.1) is 0 Å². The molecule has 0 amide bonds. The highest BCUT2D eigenvalue weighted by atomic mass is 79.9. The van der Waals surface area contributed by atoms with Gasteiger partial charge in [0.2, 0.25) is 0 Å². The van der Waals surface area contributed by atoms with Crippen LogP contribution in [0.2, 0.25) is 0 Å². The SMILES string of the molecule is Nc1ccc([N+](=O)[O-])cc1COc1ccc(F)cc1Br. The van der Waals surface area contributed by atoms with Gasteiger partial charge >= 0.3 is 0 Å². The van der Waals surface area contributed by atoms with Crippen LogP contribution in [0.25, 0.3) is 0 Å². The molecule has 2 rings (SSSR count). The first-order valence-electron chi connectivity index (χ1n) is 5.58. The van der Waals surface area contributed by atoms with E-state index in [0.29, 0.717) is 21.5 Å². The molecule has 0 aromatic heterocycles. The molecular weight excluding hydrogens is 331 g/mol. The van der Waals surface area contributed by atoms with Gasteiger partial charge in [-0.2, -0.15) is 0 Å². The van der Waals surface area contributed by atoms with Gasteiger partial charge in [-0.1, -0.05) is 0 Å². The third-order valence-corrected chi connectivity index (χ3v) is 3.23. The Bertz CT molecular complexity index is 664.